The Hall–Kier alpha value is -1.40. The fourth-order valence-electron chi connectivity index (χ4n) is 4.14. The number of aliphatic hydroxyl groups excluding tert-OH is 2. The quantitative estimate of drug-likeness (QED) is 0.892. The Morgan fingerprint density at radius 3 is 2.42 bits per heavy atom. The highest BCUT2D eigenvalue weighted by atomic mass is 35.5. The van der Waals surface area contributed by atoms with E-state index in [9.17, 15) is 10.2 Å². The van der Waals surface area contributed by atoms with E-state index in [-0.39, 0.29) is 0 Å². The lowest BCUT2D eigenvalue weighted by Crippen LogP contribution is -2.38. The molecule has 5 nitrogen and oxygen atoms in total. The van der Waals surface area contributed by atoms with Gasteiger partial charge in [0.1, 0.15) is 5.82 Å². The van der Waals surface area contributed by atoms with Gasteiger partial charge in [0, 0.05) is 37.7 Å². The molecule has 0 amide bonds. The Balaban J connectivity index is 1.47. The topological polar surface area (TPSA) is 61.5 Å². The fraction of sp³-hybridized carbons (Fsp3) is 0.500. The number of pyridine rings is 1. The molecule has 0 radical (unpaired) electrons. The molecule has 4 atom stereocenters. The van der Waals surface area contributed by atoms with Gasteiger partial charge in [-0.2, -0.15) is 0 Å². The average molecular weight is 348 g/mol. The first-order valence-electron chi connectivity index (χ1n) is 8.47. The molecule has 0 unspecified atom stereocenters. The number of aliphatic hydroxyl groups is 2. The van der Waals surface area contributed by atoms with Crippen LogP contribution >= 0.6 is 11.6 Å². The molecule has 1 saturated carbocycles. The first-order valence-corrected chi connectivity index (χ1v) is 8.84. The van der Waals surface area contributed by atoms with Crippen LogP contribution in [0.3, 0.4) is 0 Å². The van der Waals surface area contributed by atoms with Crippen LogP contribution in [0.1, 0.15) is 18.5 Å². The predicted octanol–water partition coefficient (Wildman–Crippen LogP) is 2.09. The third-order valence-corrected chi connectivity index (χ3v) is 5.59. The maximum Gasteiger partial charge on any atom is 0.136 e. The maximum atomic E-state index is 9.89. The molecule has 1 aliphatic heterocycles. The second kappa shape index (κ2) is 6.48. The zero-order chi connectivity index (χ0) is 16.7. The van der Waals surface area contributed by atoms with Crippen molar-refractivity contribution in [1.29, 1.82) is 0 Å². The van der Waals surface area contributed by atoms with E-state index >= 15 is 0 Å². The van der Waals surface area contributed by atoms with Crippen LogP contribution in [0.2, 0.25) is 5.02 Å². The summed E-state index contributed by atoms with van der Waals surface area (Å²) in [5, 5.41) is 20.4. The van der Waals surface area contributed by atoms with Crippen LogP contribution in [-0.2, 0) is 6.54 Å². The van der Waals surface area contributed by atoms with E-state index in [0.29, 0.717) is 29.7 Å². The molecular formula is C18H22ClN3O2. The maximum absolute atomic E-state index is 9.89. The second-order valence-electron chi connectivity index (χ2n) is 7.02. The lowest BCUT2D eigenvalue weighted by molar-refractivity contribution is -0.0372. The lowest BCUT2D eigenvalue weighted by Gasteiger charge is -2.32. The minimum Gasteiger partial charge on any atom is -0.390 e. The van der Waals surface area contributed by atoms with Crippen molar-refractivity contribution in [2.75, 3.05) is 13.1 Å². The third-order valence-electron chi connectivity index (χ3n) is 5.36. The van der Waals surface area contributed by atoms with Crippen LogP contribution < -0.4 is 0 Å². The van der Waals surface area contributed by atoms with Gasteiger partial charge in [0.2, 0.25) is 0 Å². The fourth-order valence-corrected chi connectivity index (χ4v) is 4.25. The van der Waals surface area contributed by atoms with Crippen molar-refractivity contribution >= 4 is 11.6 Å². The molecule has 4 rings (SSSR count). The molecule has 128 valence electrons. The molecule has 1 aliphatic carbocycles. The summed E-state index contributed by atoms with van der Waals surface area (Å²) >= 11 is 5.92. The summed E-state index contributed by atoms with van der Waals surface area (Å²) in [6.07, 6.45) is 3.97. The van der Waals surface area contributed by atoms with Gasteiger partial charge in [-0.25, -0.2) is 4.98 Å². The van der Waals surface area contributed by atoms with Crippen molar-refractivity contribution < 1.29 is 10.2 Å². The largest absolute Gasteiger partial charge is 0.390 e. The summed E-state index contributed by atoms with van der Waals surface area (Å²) in [7, 11) is 0. The summed E-state index contributed by atoms with van der Waals surface area (Å²) in [5.74, 6) is 1.84. The van der Waals surface area contributed by atoms with Gasteiger partial charge in [0.05, 0.1) is 17.2 Å². The first kappa shape index (κ1) is 16.1. The van der Waals surface area contributed by atoms with Gasteiger partial charge in [-0.1, -0.05) is 11.6 Å². The van der Waals surface area contributed by atoms with Crippen LogP contribution in [0, 0.1) is 11.8 Å². The highest BCUT2D eigenvalue weighted by Crippen LogP contribution is 2.37. The van der Waals surface area contributed by atoms with Gasteiger partial charge in [-0.15, -0.1) is 0 Å². The Labute approximate surface area is 146 Å². The summed E-state index contributed by atoms with van der Waals surface area (Å²) in [6, 6.07) is 7.91. The lowest BCUT2D eigenvalue weighted by atomic mass is 9.79. The number of fused-ring (bicyclic) bond motifs is 1. The summed E-state index contributed by atoms with van der Waals surface area (Å²) in [4.78, 5) is 6.81. The highest BCUT2D eigenvalue weighted by molar-refractivity contribution is 6.30. The number of nitrogens with zero attached hydrogens (tertiary/aromatic N) is 3. The Kier molecular flexibility index (Phi) is 4.35. The first-order chi connectivity index (χ1) is 11.6. The molecule has 2 aromatic heterocycles. The molecule has 0 spiro atoms. The van der Waals surface area contributed by atoms with E-state index in [4.69, 9.17) is 11.6 Å². The van der Waals surface area contributed by atoms with Crippen molar-refractivity contribution in [3.05, 3.63) is 47.4 Å². The molecular weight excluding hydrogens is 326 g/mol. The minimum absolute atomic E-state index is 0.487. The van der Waals surface area contributed by atoms with Crippen LogP contribution in [0.15, 0.2) is 36.7 Å². The van der Waals surface area contributed by atoms with Crippen LogP contribution in [0.5, 0.6) is 0 Å². The van der Waals surface area contributed by atoms with E-state index < -0.39 is 12.2 Å². The molecule has 0 bridgehead atoms. The van der Waals surface area contributed by atoms with Gasteiger partial charge in [0.15, 0.2) is 0 Å². The minimum atomic E-state index is -0.562. The molecule has 6 heteroatoms. The average Bonchev–Trinajstić information content (AvgIpc) is 3.16. The number of halogens is 1. The monoisotopic (exact) mass is 347 g/mol. The zero-order valence-electron chi connectivity index (χ0n) is 13.4. The van der Waals surface area contributed by atoms with Crippen LogP contribution in [0.4, 0.5) is 0 Å². The second-order valence-corrected chi connectivity index (χ2v) is 7.46. The van der Waals surface area contributed by atoms with E-state index in [0.717, 1.165) is 25.5 Å². The standard InChI is InChI=1S/C18H22ClN3O2/c19-14-3-4-18(20-8-14)22-5-1-2-15(22)11-21-9-12-6-16(23)17(24)7-13(12)10-21/h1-5,8,12-13,16-17,23-24H,6-7,9-11H2/t12-,13+,16-,17-/m0/s1. The summed E-state index contributed by atoms with van der Waals surface area (Å²) in [6.45, 7) is 2.80. The Morgan fingerprint density at radius 1 is 1.08 bits per heavy atom. The van der Waals surface area contributed by atoms with Crippen molar-refractivity contribution in [3.63, 3.8) is 0 Å². The predicted molar refractivity (Wildman–Crippen MR) is 92.1 cm³/mol. The third kappa shape index (κ3) is 3.09. The van der Waals surface area contributed by atoms with Crippen LogP contribution in [0.25, 0.3) is 5.82 Å². The van der Waals surface area contributed by atoms with Gasteiger partial charge >= 0.3 is 0 Å². The zero-order valence-corrected chi connectivity index (χ0v) is 14.2. The number of rotatable bonds is 3. The van der Waals surface area contributed by atoms with E-state index in [2.05, 4.69) is 20.5 Å². The van der Waals surface area contributed by atoms with Gasteiger partial charge in [0.25, 0.3) is 0 Å². The van der Waals surface area contributed by atoms with E-state index in [1.807, 2.05) is 24.4 Å². The molecule has 2 N–H and O–H groups in total. The molecule has 1 saturated heterocycles. The van der Waals surface area contributed by atoms with Crippen molar-refractivity contribution in [2.24, 2.45) is 11.8 Å². The smallest absolute Gasteiger partial charge is 0.136 e. The Morgan fingerprint density at radius 2 is 1.79 bits per heavy atom. The summed E-state index contributed by atoms with van der Waals surface area (Å²) in [5.41, 5.74) is 1.18. The van der Waals surface area contributed by atoms with E-state index in [1.165, 1.54) is 5.69 Å². The van der Waals surface area contributed by atoms with Gasteiger partial charge in [-0.05, 0) is 48.9 Å². The van der Waals surface area contributed by atoms with Gasteiger partial charge < -0.3 is 14.8 Å². The molecule has 3 heterocycles. The van der Waals surface area contributed by atoms with Gasteiger partial charge in [-0.3, -0.25) is 4.90 Å². The molecule has 2 aliphatic rings. The number of aromatic nitrogens is 2. The van der Waals surface area contributed by atoms with Crippen molar-refractivity contribution in [2.45, 2.75) is 31.6 Å². The SMILES string of the molecule is O[C@H]1C[C@@H]2CN(Cc3cccn3-c3ccc(Cl)cn3)C[C@@H]2C[C@@H]1O. The number of hydrogen-bond acceptors (Lipinski definition) is 4. The summed E-state index contributed by atoms with van der Waals surface area (Å²) < 4.78 is 2.09. The molecule has 0 aromatic carbocycles. The van der Waals surface area contributed by atoms with Crippen molar-refractivity contribution in [1.82, 2.24) is 14.5 Å². The highest BCUT2D eigenvalue weighted by Gasteiger charge is 2.41. The Bertz CT molecular complexity index is 685. The number of likely N-dealkylation sites (tertiary alicyclic amines) is 1. The van der Waals surface area contributed by atoms with E-state index in [1.54, 1.807) is 6.20 Å². The van der Waals surface area contributed by atoms with Crippen LogP contribution in [-0.4, -0.2) is 50.0 Å². The van der Waals surface area contributed by atoms with Crippen molar-refractivity contribution in [3.8, 4) is 5.82 Å². The number of hydrogen-bond donors (Lipinski definition) is 2. The molecule has 24 heavy (non-hydrogen) atoms. The normalized spacial score (nSPS) is 30.5. The molecule has 2 fully saturated rings. The molecule has 2 aromatic rings.